The van der Waals surface area contributed by atoms with E-state index < -0.39 is 0 Å². The number of rotatable bonds is 5. The summed E-state index contributed by atoms with van der Waals surface area (Å²) in [6, 6.07) is 6.71. The summed E-state index contributed by atoms with van der Waals surface area (Å²) in [5, 5.41) is 2.93. The van der Waals surface area contributed by atoms with Crippen LogP contribution in [-0.4, -0.2) is 30.7 Å². The molecule has 0 bridgehead atoms. The van der Waals surface area contributed by atoms with E-state index in [0.717, 1.165) is 0 Å². The Morgan fingerprint density at radius 1 is 1.31 bits per heavy atom. The summed E-state index contributed by atoms with van der Waals surface area (Å²) < 4.78 is 4.68. The SMILES string of the molecule is COCC(=O)Nc1ccc(C(=O)CBr)cc1. The third-order valence-corrected chi connectivity index (χ3v) is 2.40. The van der Waals surface area contributed by atoms with Gasteiger partial charge in [-0.05, 0) is 24.3 Å². The molecule has 4 nitrogen and oxygen atoms in total. The van der Waals surface area contributed by atoms with E-state index in [1.807, 2.05) is 0 Å². The van der Waals surface area contributed by atoms with Crippen LogP contribution in [0.4, 0.5) is 5.69 Å². The largest absolute Gasteiger partial charge is 0.375 e. The predicted molar refractivity (Wildman–Crippen MR) is 65.1 cm³/mol. The molecule has 0 saturated heterocycles. The van der Waals surface area contributed by atoms with Crippen LogP contribution in [0.2, 0.25) is 0 Å². The second-order valence-electron chi connectivity index (χ2n) is 3.12. The van der Waals surface area contributed by atoms with Crippen LogP contribution in [0, 0.1) is 0 Å². The van der Waals surface area contributed by atoms with E-state index >= 15 is 0 Å². The number of methoxy groups -OCH3 is 1. The first kappa shape index (κ1) is 12.9. The average Bonchev–Trinajstić information content (AvgIpc) is 2.29. The van der Waals surface area contributed by atoms with Crippen molar-refractivity contribution in [3.8, 4) is 0 Å². The van der Waals surface area contributed by atoms with Crippen molar-refractivity contribution in [2.75, 3.05) is 24.4 Å². The zero-order chi connectivity index (χ0) is 12.0. The van der Waals surface area contributed by atoms with E-state index in [0.29, 0.717) is 16.6 Å². The molecule has 5 heteroatoms. The Labute approximate surface area is 102 Å². The minimum Gasteiger partial charge on any atom is -0.375 e. The number of anilines is 1. The van der Waals surface area contributed by atoms with Crippen LogP contribution in [-0.2, 0) is 9.53 Å². The number of alkyl halides is 1. The standard InChI is InChI=1S/C11H12BrNO3/c1-16-7-11(15)13-9-4-2-8(3-5-9)10(14)6-12/h2-5H,6-7H2,1H3,(H,13,15). The maximum absolute atomic E-state index is 11.3. The molecule has 0 saturated carbocycles. The molecule has 0 atom stereocenters. The molecule has 0 radical (unpaired) electrons. The number of Topliss-reactive ketones (excluding diaryl/α,β-unsaturated/α-hetero) is 1. The van der Waals surface area contributed by atoms with Gasteiger partial charge in [0, 0.05) is 18.4 Å². The van der Waals surface area contributed by atoms with Crippen molar-refractivity contribution in [2.24, 2.45) is 0 Å². The minimum absolute atomic E-state index is 0.00904. The van der Waals surface area contributed by atoms with Gasteiger partial charge in [0.25, 0.3) is 0 Å². The predicted octanol–water partition coefficient (Wildman–Crippen LogP) is 1.85. The highest BCUT2D eigenvalue weighted by molar-refractivity contribution is 9.09. The Morgan fingerprint density at radius 2 is 1.94 bits per heavy atom. The molecule has 0 aliphatic rings. The number of halogens is 1. The van der Waals surface area contributed by atoms with E-state index in [9.17, 15) is 9.59 Å². The van der Waals surface area contributed by atoms with Gasteiger partial charge in [-0.15, -0.1) is 0 Å². The Morgan fingerprint density at radius 3 is 2.44 bits per heavy atom. The number of ketones is 1. The van der Waals surface area contributed by atoms with E-state index in [2.05, 4.69) is 26.0 Å². The van der Waals surface area contributed by atoms with Crippen molar-refractivity contribution in [1.29, 1.82) is 0 Å². The highest BCUT2D eigenvalue weighted by atomic mass is 79.9. The van der Waals surface area contributed by atoms with E-state index in [1.165, 1.54) is 7.11 Å². The van der Waals surface area contributed by atoms with Gasteiger partial charge in [-0.1, -0.05) is 15.9 Å². The number of amides is 1. The Kier molecular flexibility index (Phi) is 5.14. The quantitative estimate of drug-likeness (QED) is 0.664. The number of carbonyl (C=O) groups is 2. The van der Waals surface area contributed by atoms with Gasteiger partial charge in [0.2, 0.25) is 5.91 Å². The third-order valence-electron chi connectivity index (χ3n) is 1.89. The van der Waals surface area contributed by atoms with Gasteiger partial charge in [0.15, 0.2) is 5.78 Å². The summed E-state index contributed by atoms with van der Waals surface area (Å²) in [7, 11) is 1.46. The monoisotopic (exact) mass is 285 g/mol. The van der Waals surface area contributed by atoms with E-state index in [4.69, 9.17) is 0 Å². The first-order valence-corrected chi connectivity index (χ1v) is 5.77. The topological polar surface area (TPSA) is 55.4 Å². The molecule has 1 aromatic rings. The van der Waals surface area contributed by atoms with Crippen LogP contribution in [0.25, 0.3) is 0 Å². The molecule has 0 unspecified atom stereocenters. The maximum atomic E-state index is 11.3. The number of benzene rings is 1. The first-order valence-electron chi connectivity index (χ1n) is 4.65. The molecule has 0 spiro atoms. The maximum Gasteiger partial charge on any atom is 0.250 e. The smallest absolute Gasteiger partial charge is 0.250 e. The normalized spacial score (nSPS) is 9.88. The summed E-state index contributed by atoms with van der Waals surface area (Å²) >= 11 is 3.10. The van der Waals surface area contributed by atoms with Crippen LogP contribution < -0.4 is 5.32 Å². The van der Waals surface area contributed by atoms with Crippen molar-refractivity contribution in [2.45, 2.75) is 0 Å². The molecule has 0 aromatic heterocycles. The highest BCUT2D eigenvalue weighted by Gasteiger charge is 2.04. The van der Waals surface area contributed by atoms with Gasteiger partial charge in [0.1, 0.15) is 6.61 Å². The molecule has 16 heavy (non-hydrogen) atoms. The second-order valence-corrected chi connectivity index (χ2v) is 3.68. The molecular formula is C11H12BrNO3. The van der Waals surface area contributed by atoms with Crippen molar-refractivity contribution in [3.05, 3.63) is 29.8 Å². The van der Waals surface area contributed by atoms with Gasteiger partial charge >= 0.3 is 0 Å². The Bertz CT molecular complexity index is 375. The van der Waals surface area contributed by atoms with Gasteiger partial charge in [-0.2, -0.15) is 0 Å². The number of hydrogen-bond acceptors (Lipinski definition) is 3. The zero-order valence-electron chi connectivity index (χ0n) is 8.83. The van der Waals surface area contributed by atoms with Gasteiger partial charge in [-0.25, -0.2) is 0 Å². The molecule has 0 fully saturated rings. The summed E-state index contributed by atoms with van der Waals surface area (Å²) in [4.78, 5) is 22.5. The summed E-state index contributed by atoms with van der Waals surface area (Å²) in [6.07, 6.45) is 0. The number of hydrogen-bond donors (Lipinski definition) is 1. The zero-order valence-corrected chi connectivity index (χ0v) is 10.4. The average molecular weight is 286 g/mol. The van der Waals surface area contributed by atoms with Crippen LogP contribution >= 0.6 is 15.9 Å². The van der Waals surface area contributed by atoms with Crippen LogP contribution in [0.5, 0.6) is 0 Å². The molecule has 0 aliphatic carbocycles. The lowest BCUT2D eigenvalue weighted by molar-refractivity contribution is -0.119. The Hall–Kier alpha value is -1.20. The van der Waals surface area contributed by atoms with Crippen molar-refractivity contribution < 1.29 is 14.3 Å². The molecular weight excluding hydrogens is 274 g/mol. The van der Waals surface area contributed by atoms with Crippen LogP contribution in [0.15, 0.2) is 24.3 Å². The number of carbonyl (C=O) groups excluding carboxylic acids is 2. The van der Waals surface area contributed by atoms with Crippen LogP contribution in [0.1, 0.15) is 10.4 Å². The van der Waals surface area contributed by atoms with Gasteiger partial charge < -0.3 is 10.1 Å². The first-order chi connectivity index (χ1) is 7.67. The molecule has 1 rings (SSSR count). The summed E-state index contributed by atoms with van der Waals surface area (Å²) in [6.45, 7) is 0.0160. The van der Waals surface area contributed by atoms with Gasteiger partial charge in [-0.3, -0.25) is 9.59 Å². The lowest BCUT2D eigenvalue weighted by Crippen LogP contribution is -2.17. The second kappa shape index (κ2) is 6.40. The fourth-order valence-electron chi connectivity index (χ4n) is 1.14. The van der Waals surface area contributed by atoms with Crippen molar-refractivity contribution in [3.63, 3.8) is 0 Å². The molecule has 0 heterocycles. The van der Waals surface area contributed by atoms with E-state index in [1.54, 1.807) is 24.3 Å². The lowest BCUT2D eigenvalue weighted by atomic mass is 10.1. The van der Waals surface area contributed by atoms with E-state index in [-0.39, 0.29) is 18.3 Å². The lowest BCUT2D eigenvalue weighted by Gasteiger charge is -2.04. The van der Waals surface area contributed by atoms with Gasteiger partial charge in [0.05, 0.1) is 5.33 Å². The molecule has 0 aliphatic heterocycles. The molecule has 1 amide bonds. The minimum atomic E-state index is -0.220. The molecule has 1 N–H and O–H groups in total. The third kappa shape index (κ3) is 3.75. The molecule has 86 valence electrons. The Balaban J connectivity index is 2.64. The number of nitrogens with one attached hydrogen (secondary N) is 1. The summed E-state index contributed by atoms with van der Waals surface area (Å²) in [5.74, 6) is -0.211. The van der Waals surface area contributed by atoms with Crippen LogP contribution in [0.3, 0.4) is 0 Å². The molecule has 1 aromatic carbocycles. The summed E-state index contributed by atoms with van der Waals surface area (Å²) in [5.41, 5.74) is 1.26. The highest BCUT2D eigenvalue weighted by Crippen LogP contribution is 2.10. The number of ether oxygens (including phenoxy) is 1. The van der Waals surface area contributed by atoms with Crippen molar-refractivity contribution >= 4 is 33.3 Å². The van der Waals surface area contributed by atoms with Crippen molar-refractivity contribution in [1.82, 2.24) is 0 Å². The fraction of sp³-hybridized carbons (Fsp3) is 0.273. The fourth-order valence-corrected chi connectivity index (χ4v) is 1.47.